The van der Waals surface area contributed by atoms with Crippen molar-refractivity contribution in [1.82, 2.24) is 4.72 Å². The molecule has 0 rings (SSSR count). The molecule has 0 atom stereocenters. The molecule has 2 nitrogen and oxygen atoms in total. The van der Waals surface area contributed by atoms with Crippen LogP contribution in [0.1, 0.15) is 0 Å². The molecule has 0 aromatic rings. The van der Waals surface area contributed by atoms with Gasteiger partial charge in [-0.15, -0.1) is 20.9 Å². The lowest BCUT2D eigenvalue weighted by Crippen LogP contribution is -2.18. The summed E-state index contributed by atoms with van der Waals surface area (Å²) in [6.45, 7) is 1.63. The average molecular weight is 201 g/mol. The van der Waals surface area contributed by atoms with Crippen LogP contribution < -0.4 is 4.72 Å². The van der Waals surface area contributed by atoms with Crippen molar-refractivity contribution in [2.45, 2.75) is 0 Å². The maximum absolute atomic E-state index is 5.06. The summed E-state index contributed by atoms with van der Waals surface area (Å²) in [5, 5.41) is 0. The highest BCUT2D eigenvalue weighted by Crippen LogP contribution is 2.38. The third-order valence-corrected chi connectivity index (χ3v) is 2.46. The molecule has 0 spiro atoms. The fraction of sp³-hybridized carbons (Fsp3) is 1.00. The van der Waals surface area contributed by atoms with Crippen molar-refractivity contribution < 1.29 is 4.18 Å². The van der Waals surface area contributed by atoms with Gasteiger partial charge in [0, 0.05) is 12.8 Å². The Morgan fingerprint density at radius 1 is 1.60 bits per heavy atom. The quantitative estimate of drug-likeness (QED) is 0.306. The van der Waals surface area contributed by atoms with E-state index in [1.165, 1.54) is 12.0 Å². The molecule has 0 aliphatic heterocycles. The van der Waals surface area contributed by atoms with Crippen LogP contribution in [-0.4, -0.2) is 31.9 Å². The standard InChI is InChI=1S/C5H15NOS3/c1-9-7-5-4-6-10(2,3)8/h6,8H,4-5H2,1-3H3. The molecule has 0 saturated heterocycles. The van der Waals surface area contributed by atoms with Crippen LogP contribution >= 0.6 is 32.9 Å². The number of rotatable bonds is 5. The zero-order valence-electron chi connectivity index (χ0n) is 6.59. The molecule has 0 aliphatic rings. The second-order valence-corrected chi connectivity index (χ2v) is 8.30. The van der Waals surface area contributed by atoms with Crippen LogP contribution in [0.4, 0.5) is 0 Å². The van der Waals surface area contributed by atoms with Crippen molar-refractivity contribution in [3.63, 3.8) is 0 Å². The maximum Gasteiger partial charge on any atom is 0.0747 e. The Bertz CT molecular complexity index is 83.5. The summed E-state index contributed by atoms with van der Waals surface area (Å²) in [5.74, 6) is 0. The van der Waals surface area contributed by atoms with Crippen molar-refractivity contribution in [1.29, 1.82) is 0 Å². The minimum Gasteiger partial charge on any atom is -0.314 e. The Morgan fingerprint density at radius 2 is 2.20 bits per heavy atom. The highest BCUT2D eigenvalue weighted by molar-refractivity contribution is 8.86. The monoisotopic (exact) mass is 201 g/mol. The van der Waals surface area contributed by atoms with Crippen LogP contribution in [0.3, 0.4) is 0 Å². The topological polar surface area (TPSA) is 21.3 Å². The van der Waals surface area contributed by atoms with Gasteiger partial charge in [-0.3, -0.25) is 4.72 Å². The van der Waals surface area contributed by atoms with E-state index in [-0.39, 0.29) is 0 Å². The highest BCUT2D eigenvalue weighted by Gasteiger charge is 2.01. The minimum absolute atomic E-state index is 0.748. The van der Waals surface area contributed by atoms with Gasteiger partial charge in [-0.2, -0.15) is 0 Å². The molecule has 64 valence electrons. The lowest BCUT2D eigenvalue weighted by atomic mass is 10.8. The van der Waals surface area contributed by atoms with Crippen molar-refractivity contribution in [2.24, 2.45) is 0 Å². The maximum atomic E-state index is 5.06. The fourth-order valence-electron chi connectivity index (χ4n) is 0.416. The number of hydrogen-bond donors (Lipinski definition) is 2. The lowest BCUT2D eigenvalue weighted by Gasteiger charge is -2.24. The van der Waals surface area contributed by atoms with Crippen LogP contribution in [-0.2, 0) is 4.18 Å². The zero-order chi connectivity index (χ0) is 8.04. The zero-order valence-corrected chi connectivity index (χ0v) is 9.11. The van der Waals surface area contributed by atoms with Crippen LogP contribution in [0.5, 0.6) is 0 Å². The summed E-state index contributed by atoms with van der Waals surface area (Å²) in [6.07, 6.45) is 6.10. The van der Waals surface area contributed by atoms with Gasteiger partial charge in [0.25, 0.3) is 0 Å². The summed E-state index contributed by atoms with van der Waals surface area (Å²) in [6, 6.07) is 0. The molecule has 0 aliphatic carbocycles. The van der Waals surface area contributed by atoms with E-state index in [0.29, 0.717) is 0 Å². The Balaban J connectivity index is 3.04. The van der Waals surface area contributed by atoms with E-state index < -0.39 is 9.25 Å². The molecule has 0 aromatic heterocycles. The molecule has 0 radical (unpaired) electrons. The van der Waals surface area contributed by atoms with Gasteiger partial charge >= 0.3 is 0 Å². The summed E-state index contributed by atoms with van der Waals surface area (Å²) in [5.41, 5.74) is 0. The van der Waals surface area contributed by atoms with Crippen LogP contribution in [0, 0.1) is 0 Å². The molecule has 10 heavy (non-hydrogen) atoms. The summed E-state index contributed by atoms with van der Waals surface area (Å²) < 4.78 is 8.33. The van der Waals surface area contributed by atoms with Gasteiger partial charge in [-0.1, -0.05) is 0 Å². The Hall–Kier alpha value is 0.970. The lowest BCUT2D eigenvalue weighted by molar-refractivity contribution is 0.383. The van der Waals surface area contributed by atoms with E-state index in [4.69, 9.17) is 4.18 Å². The number of nitrogens with one attached hydrogen (secondary N) is 1. The van der Waals surface area contributed by atoms with E-state index in [0.717, 1.165) is 13.2 Å². The Kier molecular flexibility index (Phi) is 6.14. The van der Waals surface area contributed by atoms with Crippen LogP contribution in [0.2, 0.25) is 0 Å². The SMILES string of the molecule is CSOCCNS(C)(C)S. The molecule has 0 unspecified atom stereocenters. The average Bonchev–Trinajstić information content (AvgIpc) is 1.78. The first kappa shape index (κ1) is 11.0. The van der Waals surface area contributed by atoms with E-state index in [1.54, 1.807) is 0 Å². The fourth-order valence-corrected chi connectivity index (χ4v) is 1.52. The Morgan fingerprint density at radius 3 is 2.60 bits per heavy atom. The normalized spacial score (nSPS) is 13.6. The molecular weight excluding hydrogens is 186 g/mol. The smallest absolute Gasteiger partial charge is 0.0747 e. The molecule has 0 amide bonds. The Labute approximate surface area is 73.9 Å². The first-order valence-corrected chi connectivity index (χ1v) is 7.57. The van der Waals surface area contributed by atoms with Crippen LogP contribution in [0.15, 0.2) is 0 Å². The second kappa shape index (κ2) is 5.60. The second-order valence-electron chi connectivity index (χ2n) is 2.16. The largest absolute Gasteiger partial charge is 0.314 e. The summed E-state index contributed by atoms with van der Waals surface area (Å²) >= 11 is 5.76. The van der Waals surface area contributed by atoms with Crippen molar-refractivity contribution >= 4 is 32.9 Å². The van der Waals surface area contributed by atoms with Gasteiger partial charge in [0.1, 0.15) is 0 Å². The predicted molar refractivity (Wildman–Crippen MR) is 55.9 cm³/mol. The highest BCUT2D eigenvalue weighted by atomic mass is 33.1. The first-order chi connectivity index (χ1) is 4.56. The van der Waals surface area contributed by atoms with E-state index in [1.807, 2.05) is 6.26 Å². The minimum atomic E-state index is -0.849. The molecule has 0 aromatic carbocycles. The third kappa shape index (κ3) is 8.97. The number of thiol groups is 1. The predicted octanol–water partition coefficient (Wildman–Crippen LogP) is 1.69. The van der Waals surface area contributed by atoms with Gasteiger partial charge in [0.2, 0.25) is 0 Å². The molecule has 0 saturated carbocycles. The van der Waals surface area contributed by atoms with Gasteiger partial charge in [0.15, 0.2) is 0 Å². The van der Waals surface area contributed by atoms with Gasteiger partial charge < -0.3 is 4.18 Å². The van der Waals surface area contributed by atoms with E-state index in [2.05, 4.69) is 28.9 Å². The van der Waals surface area contributed by atoms with Crippen LogP contribution in [0.25, 0.3) is 0 Å². The summed E-state index contributed by atoms with van der Waals surface area (Å²) in [4.78, 5) is 0. The molecule has 1 N–H and O–H groups in total. The molecule has 0 fully saturated rings. The number of hydrogen-bond acceptors (Lipinski definition) is 4. The molecular formula is C5H15NOS3. The first-order valence-electron chi connectivity index (χ1n) is 2.92. The van der Waals surface area contributed by atoms with E-state index >= 15 is 0 Å². The van der Waals surface area contributed by atoms with Crippen molar-refractivity contribution in [3.05, 3.63) is 0 Å². The van der Waals surface area contributed by atoms with Gasteiger partial charge in [-0.25, -0.2) is 0 Å². The third-order valence-electron chi connectivity index (χ3n) is 0.759. The molecule has 0 bridgehead atoms. The molecule has 5 heteroatoms. The molecule has 0 heterocycles. The van der Waals surface area contributed by atoms with Gasteiger partial charge in [-0.05, 0) is 24.6 Å². The van der Waals surface area contributed by atoms with Gasteiger partial charge in [0.05, 0.1) is 6.61 Å². The van der Waals surface area contributed by atoms with E-state index in [9.17, 15) is 0 Å². The summed E-state index contributed by atoms with van der Waals surface area (Å²) in [7, 11) is -0.849. The van der Waals surface area contributed by atoms with Crippen molar-refractivity contribution in [3.8, 4) is 0 Å². The van der Waals surface area contributed by atoms with Crippen molar-refractivity contribution in [2.75, 3.05) is 31.9 Å².